The molecule has 0 saturated heterocycles. The van der Waals surface area contributed by atoms with Gasteiger partial charge in [-0.1, -0.05) is 64.1 Å². The first-order chi connectivity index (χ1) is 10.7. The molecule has 0 spiro atoms. The fraction of sp³-hybridized carbons (Fsp3) is 0.381. The van der Waals surface area contributed by atoms with Gasteiger partial charge >= 0.3 is 5.97 Å². The Morgan fingerprint density at radius 1 is 1.00 bits per heavy atom. The van der Waals surface area contributed by atoms with Crippen molar-refractivity contribution in [3.05, 3.63) is 64.8 Å². The number of hydrogen-bond acceptors (Lipinski definition) is 1. The average Bonchev–Trinajstić information content (AvgIpc) is 2.45. The van der Waals surface area contributed by atoms with E-state index in [-0.39, 0.29) is 0 Å². The number of carboxylic acids is 1. The molecule has 0 bridgehead atoms. The second-order valence-electron chi connectivity index (χ2n) is 6.63. The van der Waals surface area contributed by atoms with E-state index < -0.39 is 5.97 Å². The second kappa shape index (κ2) is 8.52. The van der Waals surface area contributed by atoms with Gasteiger partial charge in [0.05, 0.1) is 0 Å². The highest BCUT2D eigenvalue weighted by atomic mass is 16.4. The summed E-state index contributed by atoms with van der Waals surface area (Å²) in [5.41, 5.74) is 5.83. The molecule has 0 aliphatic heterocycles. The number of carboxylic acid groups (broad SMARTS) is 1. The van der Waals surface area contributed by atoms with Crippen LogP contribution in [0.4, 0.5) is 0 Å². The molecule has 0 heterocycles. The van der Waals surface area contributed by atoms with Gasteiger partial charge in [0, 0.05) is 6.08 Å². The van der Waals surface area contributed by atoms with E-state index in [0.29, 0.717) is 11.8 Å². The highest BCUT2D eigenvalue weighted by molar-refractivity contribution is 5.81. The van der Waals surface area contributed by atoms with Crippen LogP contribution in [-0.2, 0) is 4.79 Å². The Labute approximate surface area is 140 Å². The van der Waals surface area contributed by atoms with Crippen LogP contribution in [0, 0.1) is 0 Å². The topological polar surface area (TPSA) is 37.3 Å². The van der Waals surface area contributed by atoms with Gasteiger partial charge in [0.2, 0.25) is 0 Å². The van der Waals surface area contributed by atoms with Crippen molar-refractivity contribution in [3.8, 4) is 0 Å². The van der Waals surface area contributed by atoms with Gasteiger partial charge in [-0.15, -0.1) is 0 Å². The zero-order chi connectivity index (χ0) is 17.6. The number of rotatable bonds is 6. The molecule has 2 nitrogen and oxygen atoms in total. The SMILES string of the molecule is C/C(=C/C=C/C(C)=C/C(=O)O)c1cc(C(C)C)cc(C(C)C)c1. The van der Waals surface area contributed by atoms with Crippen molar-refractivity contribution in [1.82, 2.24) is 0 Å². The smallest absolute Gasteiger partial charge is 0.328 e. The van der Waals surface area contributed by atoms with E-state index in [1.807, 2.05) is 18.2 Å². The highest BCUT2D eigenvalue weighted by Gasteiger charge is 2.07. The summed E-state index contributed by atoms with van der Waals surface area (Å²) in [5, 5.41) is 8.71. The molecule has 0 saturated carbocycles. The fourth-order valence-electron chi connectivity index (χ4n) is 2.25. The van der Waals surface area contributed by atoms with Crippen molar-refractivity contribution < 1.29 is 9.90 Å². The number of carbonyl (C=O) groups is 1. The van der Waals surface area contributed by atoms with E-state index in [1.165, 1.54) is 28.3 Å². The van der Waals surface area contributed by atoms with E-state index in [1.54, 1.807) is 6.92 Å². The van der Waals surface area contributed by atoms with Crippen molar-refractivity contribution in [1.29, 1.82) is 0 Å². The monoisotopic (exact) mass is 312 g/mol. The Kier molecular flexibility index (Phi) is 7.02. The predicted octanol–water partition coefficient (Wildman–Crippen LogP) is 5.92. The van der Waals surface area contributed by atoms with Gasteiger partial charge in [0.25, 0.3) is 0 Å². The highest BCUT2D eigenvalue weighted by Crippen LogP contribution is 2.26. The molecule has 1 aromatic carbocycles. The molecule has 1 N–H and O–H groups in total. The normalized spacial score (nSPS) is 13.4. The third-order valence-corrected chi connectivity index (χ3v) is 3.82. The molecule has 2 heteroatoms. The van der Waals surface area contributed by atoms with Gasteiger partial charge in [-0.3, -0.25) is 0 Å². The van der Waals surface area contributed by atoms with Crippen LogP contribution in [-0.4, -0.2) is 11.1 Å². The third kappa shape index (κ3) is 6.27. The summed E-state index contributed by atoms with van der Waals surface area (Å²) in [4.78, 5) is 10.6. The Hall–Kier alpha value is -2.09. The zero-order valence-corrected chi connectivity index (χ0v) is 15.1. The lowest BCUT2D eigenvalue weighted by atomic mass is 9.91. The summed E-state index contributed by atoms with van der Waals surface area (Å²) in [5.74, 6) is 0.0761. The minimum atomic E-state index is -0.918. The quantitative estimate of drug-likeness (QED) is 0.522. The maximum absolute atomic E-state index is 10.6. The molecular formula is C21H28O2. The Balaban J connectivity index is 3.11. The third-order valence-electron chi connectivity index (χ3n) is 3.82. The molecular weight excluding hydrogens is 284 g/mol. The summed E-state index contributed by atoms with van der Waals surface area (Å²) in [6, 6.07) is 6.79. The first-order valence-electron chi connectivity index (χ1n) is 8.12. The van der Waals surface area contributed by atoms with E-state index in [4.69, 9.17) is 5.11 Å². The number of allylic oxidation sites excluding steroid dienone is 5. The Bertz CT molecular complexity index is 618. The summed E-state index contributed by atoms with van der Waals surface area (Å²) >= 11 is 0. The molecule has 1 aromatic rings. The van der Waals surface area contributed by atoms with E-state index in [2.05, 4.69) is 52.8 Å². The molecule has 1 rings (SSSR count). The molecule has 0 fully saturated rings. The standard InChI is InChI=1S/C21H28O2/c1-14(2)18-11-19(15(3)4)13-20(12-18)17(6)9-7-8-16(5)10-21(22)23/h7-15H,1-6H3,(H,22,23)/b8-7+,16-10+,17-9-. The van der Waals surface area contributed by atoms with Crippen LogP contribution < -0.4 is 0 Å². The number of hydrogen-bond donors (Lipinski definition) is 1. The summed E-state index contributed by atoms with van der Waals surface area (Å²) in [6.45, 7) is 12.7. The van der Waals surface area contributed by atoms with Crippen LogP contribution >= 0.6 is 0 Å². The molecule has 0 radical (unpaired) electrons. The van der Waals surface area contributed by atoms with Crippen LogP contribution in [0.5, 0.6) is 0 Å². The predicted molar refractivity (Wildman–Crippen MR) is 98.8 cm³/mol. The van der Waals surface area contributed by atoms with Gasteiger partial charge in [-0.25, -0.2) is 4.79 Å². The summed E-state index contributed by atoms with van der Waals surface area (Å²) < 4.78 is 0. The summed E-state index contributed by atoms with van der Waals surface area (Å²) in [6.07, 6.45) is 6.95. The minimum absolute atomic E-state index is 0.497. The van der Waals surface area contributed by atoms with Crippen LogP contribution in [0.3, 0.4) is 0 Å². The maximum Gasteiger partial charge on any atom is 0.328 e. The van der Waals surface area contributed by atoms with Crippen molar-refractivity contribution in [2.75, 3.05) is 0 Å². The van der Waals surface area contributed by atoms with Gasteiger partial charge in [-0.05, 0) is 53.5 Å². The molecule has 0 unspecified atom stereocenters. The summed E-state index contributed by atoms with van der Waals surface area (Å²) in [7, 11) is 0. The van der Waals surface area contributed by atoms with E-state index in [0.717, 1.165) is 5.57 Å². The van der Waals surface area contributed by atoms with Crippen LogP contribution in [0.1, 0.15) is 70.1 Å². The molecule has 0 aliphatic carbocycles. The first kappa shape index (κ1) is 19.0. The zero-order valence-electron chi connectivity index (χ0n) is 15.1. The van der Waals surface area contributed by atoms with Gasteiger partial charge in [-0.2, -0.15) is 0 Å². The largest absolute Gasteiger partial charge is 0.478 e. The molecule has 0 aromatic heterocycles. The van der Waals surface area contributed by atoms with Crippen molar-refractivity contribution in [2.24, 2.45) is 0 Å². The van der Waals surface area contributed by atoms with Gasteiger partial charge < -0.3 is 5.11 Å². The van der Waals surface area contributed by atoms with Crippen LogP contribution in [0.15, 0.2) is 48.1 Å². The van der Waals surface area contributed by atoms with Gasteiger partial charge in [0.1, 0.15) is 0 Å². The van der Waals surface area contributed by atoms with Crippen LogP contribution in [0.25, 0.3) is 5.57 Å². The Morgan fingerprint density at radius 2 is 1.52 bits per heavy atom. The Morgan fingerprint density at radius 3 is 1.96 bits per heavy atom. The maximum atomic E-state index is 10.6. The first-order valence-corrected chi connectivity index (χ1v) is 8.12. The van der Waals surface area contributed by atoms with Crippen molar-refractivity contribution in [3.63, 3.8) is 0 Å². The lowest BCUT2D eigenvalue weighted by Gasteiger charge is -2.14. The molecule has 23 heavy (non-hydrogen) atoms. The second-order valence-corrected chi connectivity index (χ2v) is 6.63. The minimum Gasteiger partial charge on any atom is -0.478 e. The number of benzene rings is 1. The molecule has 0 amide bonds. The van der Waals surface area contributed by atoms with E-state index in [9.17, 15) is 4.79 Å². The molecule has 0 aliphatic rings. The molecule has 0 atom stereocenters. The van der Waals surface area contributed by atoms with Crippen LogP contribution in [0.2, 0.25) is 0 Å². The molecule has 124 valence electrons. The van der Waals surface area contributed by atoms with Crippen molar-refractivity contribution >= 4 is 11.5 Å². The average molecular weight is 312 g/mol. The van der Waals surface area contributed by atoms with E-state index >= 15 is 0 Å². The van der Waals surface area contributed by atoms with Crippen molar-refractivity contribution in [2.45, 2.75) is 53.4 Å². The number of aliphatic carboxylic acids is 1. The van der Waals surface area contributed by atoms with Gasteiger partial charge in [0.15, 0.2) is 0 Å². The lowest BCUT2D eigenvalue weighted by molar-refractivity contribution is -0.131. The lowest BCUT2D eigenvalue weighted by Crippen LogP contribution is -1.96. The fourth-order valence-corrected chi connectivity index (χ4v) is 2.25.